The van der Waals surface area contributed by atoms with Gasteiger partial charge >= 0.3 is 6.09 Å². The Hall–Kier alpha value is -2.29. The number of hydrogen-bond acceptors (Lipinski definition) is 5. The standard InChI is InChI=1S/C21H31N3O5S/c1-16-15-18(7-8-19(16)22-30(27)28)20(25)23-10-12-24(13-11-23)21(26)29-14-9-17-5-3-2-4-6-17/h7-8,15,17,30H,2-6,9-14H2,1H3,(H,22,27,28). The molecule has 0 bridgehead atoms. The second-order valence-electron chi connectivity index (χ2n) is 8.08. The average Bonchev–Trinajstić information content (AvgIpc) is 2.75. The molecule has 9 heteroatoms. The van der Waals surface area contributed by atoms with Gasteiger partial charge in [0.25, 0.3) is 5.91 Å². The number of nitrogens with zero attached hydrogens (tertiary/aromatic N) is 2. The van der Waals surface area contributed by atoms with Crippen LogP contribution in [0.3, 0.4) is 0 Å². The van der Waals surface area contributed by atoms with Crippen molar-refractivity contribution in [1.82, 2.24) is 9.80 Å². The largest absolute Gasteiger partial charge is 0.449 e. The maximum atomic E-state index is 12.8. The summed E-state index contributed by atoms with van der Waals surface area (Å²) in [5.41, 5.74) is 1.64. The lowest BCUT2D eigenvalue weighted by molar-refractivity contribution is 0.0543. The van der Waals surface area contributed by atoms with Crippen molar-refractivity contribution >= 4 is 28.6 Å². The number of hydrogen-bond donors (Lipinski definition) is 2. The van der Waals surface area contributed by atoms with Gasteiger partial charge in [-0.1, -0.05) is 32.1 Å². The van der Waals surface area contributed by atoms with Gasteiger partial charge in [-0.2, -0.15) is 0 Å². The second-order valence-corrected chi connectivity index (χ2v) is 8.82. The van der Waals surface area contributed by atoms with E-state index in [1.54, 1.807) is 34.9 Å². The topological polar surface area (TPSA) is 96.0 Å². The summed E-state index contributed by atoms with van der Waals surface area (Å²) in [6, 6.07) is 4.88. The quantitative estimate of drug-likeness (QED) is 0.667. The molecule has 2 amide bonds. The van der Waals surface area contributed by atoms with E-state index in [1.165, 1.54) is 32.1 Å². The summed E-state index contributed by atoms with van der Waals surface area (Å²) in [6.07, 6.45) is 7.01. The van der Waals surface area contributed by atoms with E-state index in [0.29, 0.717) is 55.5 Å². The fourth-order valence-corrected chi connectivity index (χ4v) is 4.62. The fourth-order valence-electron chi connectivity index (χ4n) is 4.18. The molecule has 166 valence electrons. The highest BCUT2D eigenvalue weighted by molar-refractivity contribution is 7.73. The van der Waals surface area contributed by atoms with Gasteiger partial charge in [-0.15, -0.1) is 0 Å². The smallest absolute Gasteiger partial charge is 0.409 e. The molecule has 1 aliphatic carbocycles. The predicted octanol–water partition coefficient (Wildman–Crippen LogP) is 2.80. The van der Waals surface area contributed by atoms with Crippen LogP contribution in [-0.4, -0.2) is 63.0 Å². The molecule has 1 aromatic carbocycles. The van der Waals surface area contributed by atoms with E-state index in [-0.39, 0.29) is 12.0 Å². The number of benzene rings is 1. The first-order valence-corrected chi connectivity index (χ1v) is 11.8. The minimum atomic E-state index is -2.74. The third kappa shape index (κ3) is 6.10. The van der Waals surface area contributed by atoms with Crippen LogP contribution in [0.1, 0.15) is 54.4 Å². The zero-order chi connectivity index (χ0) is 21.5. The molecule has 1 heterocycles. The summed E-state index contributed by atoms with van der Waals surface area (Å²) in [6.45, 7) is 4.01. The number of rotatable bonds is 6. The molecule has 0 unspecified atom stereocenters. The van der Waals surface area contributed by atoms with Crippen molar-refractivity contribution in [3.05, 3.63) is 29.3 Å². The van der Waals surface area contributed by atoms with E-state index in [2.05, 4.69) is 4.72 Å². The number of thiol groups is 1. The number of amides is 2. The van der Waals surface area contributed by atoms with Crippen LogP contribution < -0.4 is 4.72 Å². The van der Waals surface area contributed by atoms with E-state index >= 15 is 0 Å². The van der Waals surface area contributed by atoms with Gasteiger partial charge in [0.1, 0.15) is 0 Å². The number of anilines is 1. The first kappa shape index (κ1) is 22.4. The Labute approximate surface area is 179 Å². The van der Waals surface area contributed by atoms with Gasteiger partial charge in [-0.3, -0.25) is 9.52 Å². The van der Waals surface area contributed by atoms with Crippen LogP contribution in [0.5, 0.6) is 0 Å². The van der Waals surface area contributed by atoms with Crippen LogP contribution >= 0.6 is 0 Å². The van der Waals surface area contributed by atoms with Gasteiger partial charge in [-0.25, -0.2) is 13.2 Å². The first-order valence-electron chi connectivity index (χ1n) is 10.7. The highest BCUT2D eigenvalue weighted by atomic mass is 32.2. The minimum Gasteiger partial charge on any atom is -0.449 e. The van der Waals surface area contributed by atoms with Gasteiger partial charge in [0.2, 0.25) is 10.9 Å². The van der Waals surface area contributed by atoms with Gasteiger partial charge < -0.3 is 14.5 Å². The van der Waals surface area contributed by atoms with E-state index in [4.69, 9.17) is 4.74 Å². The van der Waals surface area contributed by atoms with Crippen LogP contribution in [0.25, 0.3) is 0 Å². The summed E-state index contributed by atoms with van der Waals surface area (Å²) in [5.74, 6) is 0.557. The van der Waals surface area contributed by atoms with Crippen molar-refractivity contribution in [3.63, 3.8) is 0 Å². The van der Waals surface area contributed by atoms with E-state index in [1.807, 2.05) is 0 Å². The minimum absolute atomic E-state index is 0.124. The van der Waals surface area contributed by atoms with Gasteiger partial charge in [0.15, 0.2) is 0 Å². The molecule has 0 spiro atoms. The molecule has 3 rings (SSSR count). The molecule has 2 aliphatic rings. The first-order chi connectivity index (χ1) is 14.4. The number of piperazine rings is 1. The lowest BCUT2D eigenvalue weighted by Gasteiger charge is -2.34. The molecular formula is C21H31N3O5S. The number of aryl methyl sites for hydroxylation is 1. The molecule has 1 aliphatic heterocycles. The zero-order valence-electron chi connectivity index (χ0n) is 17.5. The lowest BCUT2D eigenvalue weighted by atomic mass is 9.87. The number of carbonyl (C=O) groups is 2. The maximum absolute atomic E-state index is 12.8. The molecule has 2 fully saturated rings. The van der Waals surface area contributed by atoms with Crippen LogP contribution in [0.15, 0.2) is 18.2 Å². The Morgan fingerprint density at radius 3 is 2.37 bits per heavy atom. The predicted molar refractivity (Wildman–Crippen MR) is 115 cm³/mol. The zero-order valence-corrected chi connectivity index (χ0v) is 18.4. The van der Waals surface area contributed by atoms with Crippen LogP contribution in [0.4, 0.5) is 10.5 Å². The molecule has 1 saturated heterocycles. The molecule has 0 radical (unpaired) electrons. The molecule has 1 aromatic rings. The lowest BCUT2D eigenvalue weighted by Crippen LogP contribution is -2.50. The fraction of sp³-hybridized carbons (Fsp3) is 0.619. The van der Waals surface area contributed by atoms with Crippen molar-refractivity contribution in [2.24, 2.45) is 5.92 Å². The number of carbonyl (C=O) groups excluding carboxylic acids is 2. The van der Waals surface area contributed by atoms with Crippen molar-refractivity contribution in [3.8, 4) is 0 Å². The molecule has 0 atom stereocenters. The summed E-state index contributed by atoms with van der Waals surface area (Å²) >= 11 is 0. The van der Waals surface area contributed by atoms with E-state index < -0.39 is 10.9 Å². The highest BCUT2D eigenvalue weighted by Crippen LogP contribution is 2.26. The van der Waals surface area contributed by atoms with Crippen molar-refractivity contribution in [2.75, 3.05) is 37.5 Å². The molecular weight excluding hydrogens is 406 g/mol. The summed E-state index contributed by atoms with van der Waals surface area (Å²) in [7, 11) is -2.74. The maximum Gasteiger partial charge on any atom is 0.409 e. The molecule has 1 N–H and O–H groups in total. The Balaban J connectivity index is 1.44. The number of nitrogens with one attached hydrogen (secondary N) is 1. The van der Waals surface area contributed by atoms with E-state index in [0.717, 1.165) is 6.42 Å². The molecule has 8 nitrogen and oxygen atoms in total. The van der Waals surface area contributed by atoms with Crippen molar-refractivity contribution in [2.45, 2.75) is 45.4 Å². The third-order valence-corrected chi connectivity index (χ3v) is 6.41. The van der Waals surface area contributed by atoms with Crippen LogP contribution in [-0.2, 0) is 15.6 Å². The SMILES string of the molecule is Cc1cc(C(=O)N2CCN(C(=O)OCCC3CCCCC3)CC2)ccc1N[SH](=O)=O. The summed E-state index contributed by atoms with van der Waals surface area (Å²) < 4.78 is 29.5. The molecule has 30 heavy (non-hydrogen) atoms. The van der Waals surface area contributed by atoms with Crippen LogP contribution in [0, 0.1) is 12.8 Å². The average molecular weight is 438 g/mol. The Morgan fingerprint density at radius 1 is 1.07 bits per heavy atom. The second kappa shape index (κ2) is 10.7. The molecule has 1 saturated carbocycles. The van der Waals surface area contributed by atoms with Gasteiger partial charge in [0, 0.05) is 31.7 Å². The van der Waals surface area contributed by atoms with Crippen molar-refractivity contribution in [1.29, 1.82) is 0 Å². The summed E-state index contributed by atoms with van der Waals surface area (Å²) in [5, 5.41) is 0. The third-order valence-electron chi connectivity index (χ3n) is 5.99. The molecule has 0 aromatic heterocycles. The van der Waals surface area contributed by atoms with Crippen molar-refractivity contribution < 1.29 is 22.7 Å². The van der Waals surface area contributed by atoms with E-state index in [9.17, 15) is 18.0 Å². The van der Waals surface area contributed by atoms with Gasteiger partial charge in [-0.05, 0) is 43.0 Å². The Kier molecular flexibility index (Phi) is 7.95. The Bertz CT molecular complexity index is 820. The Morgan fingerprint density at radius 2 is 1.73 bits per heavy atom. The highest BCUT2D eigenvalue weighted by Gasteiger charge is 2.26. The van der Waals surface area contributed by atoms with Gasteiger partial charge in [0.05, 0.1) is 12.3 Å². The summed E-state index contributed by atoms with van der Waals surface area (Å²) in [4.78, 5) is 28.4. The number of ether oxygens (including phenoxy) is 1. The monoisotopic (exact) mass is 437 g/mol. The normalized spacial score (nSPS) is 17.8. The van der Waals surface area contributed by atoms with Crippen LogP contribution in [0.2, 0.25) is 0 Å².